The lowest BCUT2D eigenvalue weighted by Gasteiger charge is -2.37. The van der Waals surface area contributed by atoms with Crippen LogP contribution in [0.25, 0.3) is 0 Å². The summed E-state index contributed by atoms with van der Waals surface area (Å²) >= 11 is 2.00. The Balaban J connectivity index is 0.00000280. The molecule has 1 heterocycles. The first kappa shape index (κ1) is 23.8. The molecule has 1 aromatic carbocycles. The standard InChI is InChI=1S/C22H35N3OS.HI/c1-4-23-21(25-18-9-10-19(15-18)27-3)24-16-22(11-13-26-14-12-22)20-8-6-5-7-17(20)2;/h5-8,18-19H,4,9-16H2,1-3H3,(H2,23,24,25);1H. The van der Waals surface area contributed by atoms with E-state index in [0.29, 0.717) is 6.04 Å². The molecule has 2 N–H and O–H groups in total. The van der Waals surface area contributed by atoms with E-state index >= 15 is 0 Å². The van der Waals surface area contributed by atoms with Crippen LogP contribution in [0, 0.1) is 6.92 Å². The molecule has 0 radical (unpaired) electrons. The van der Waals surface area contributed by atoms with E-state index in [1.54, 1.807) is 0 Å². The van der Waals surface area contributed by atoms with Crippen molar-refractivity contribution in [3.63, 3.8) is 0 Å². The second kappa shape index (κ2) is 11.6. The molecule has 0 spiro atoms. The highest BCUT2D eigenvalue weighted by atomic mass is 127. The monoisotopic (exact) mass is 517 g/mol. The van der Waals surface area contributed by atoms with Gasteiger partial charge in [-0.15, -0.1) is 24.0 Å². The van der Waals surface area contributed by atoms with Crippen molar-refractivity contribution in [1.82, 2.24) is 10.6 Å². The van der Waals surface area contributed by atoms with Crippen LogP contribution in [0.4, 0.5) is 0 Å². The van der Waals surface area contributed by atoms with Crippen molar-refractivity contribution in [1.29, 1.82) is 0 Å². The first-order valence-corrected chi connectivity index (χ1v) is 11.7. The Morgan fingerprint density at radius 1 is 1.25 bits per heavy atom. The van der Waals surface area contributed by atoms with Crippen molar-refractivity contribution in [3.05, 3.63) is 35.4 Å². The average molecular weight is 518 g/mol. The van der Waals surface area contributed by atoms with Gasteiger partial charge in [-0.05, 0) is 63.3 Å². The molecule has 0 amide bonds. The van der Waals surface area contributed by atoms with E-state index in [9.17, 15) is 0 Å². The van der Waals surface area contributed by atoms with E-state index in [2.05, 4.69) is 55.0 Å². The van der Waals surface area contributed by atoms with Gasteiger partial charge in [0.2, 0.25) is 0 Å². The topological polar surface area (TPSA) is 45.7 Å². The molecule has 28 heavy (non-hydrogen) atoms. The van der Waals surface area contributed by atoms with Gasteiger partial charge in [-0.1, -0.05) is 24.3 Å². The number of nitrogens with zero attached hydrogens (tertiary/aromatic N) is 1. The van der Waals surface area contributed by atoms with Crippen molar-refractivity contribution in [3.8, 4) is 0 Å². The molecule has 2 aliphatic rings. The first-order chi connectivity index (χ1) is 13.2. The Hall–Kier alpha value is -0.470. The third-order valence-corrected chi connectivity index (χ3v) is 7.20. The van der Waals surface area contributed by atoms with Crippen molar-refractivity contribution in [2.45, 2.75) is 62.7 Å². The fourth-order valence-electron chi connectivity index (χ4n) is 4.47. The fourth-order valence-corrected chi connectivity index (χ4v) is 5.27. The fraction of sp³-hybridized carbons (Fsp3) is 0.682. The highest BCUT2D eigenvalue weighted by molar-refractivity contribution is 14.0. The summed E-state index contributed by atoms with van der Waals surface area (Å²) in [4.78, 5) is 5.07. The van der Waals surface area contributed by atoms with Gasteiger partial charge in [-0.25, -0.2) is 0 Å². The SMILES string of the molecule is CCNC(=NCC1(c2ccccc2C)CCOCC1)NC1CCC(SC)C1.I. The van der Waals surface area contributed by atoms with Crippen molar-refractivity contribution >= 4 is 41.7 Å². The summed E-state index contributed by atoms with van der Waals surface area (Å²) in [5.41, 5.74) is 2.89. The molecule has 6 heteroatoms. The lowest BCUT2D eigenvalue weighted by molar-refractivity contribution is 0.0529. The number of hydrogen-bond donors (Lipinski definition) is 2. The Labute approximate surface area is 192 Å². The van der Waals surface area contributed by atoms with Gasteiger partial charge in [-0.3, -0.25) is 4.99 Å². The summed E-state index contributed by atoms with van der Waals surface area (Å²) < 4.78 is 5.69. The minimum absolute atomic E-state index is 0. The maximum absolute atomic E-state index is 5.69. The summed E-state index contributed by atoms with van der Waals surface area (Å²) in [5.74, 6) is 0.976. The smallest absolute Gasteiger partial charge is 0.191 e. The number of aliphatic imine (C=N–C) groups is 1. The Morgan fingerprint density at radius 2 is 2.00 bits per heavy atom. The molecule has 2 atom stereocenters. The van der Waals surface area contributed by atoms with Crippen LogP contribution >= 0.6 is 35.7 Å². The number of aryl methyl sites for hydroxylation is 1. The first-order valence-electron chi connectivity index (χ1n) is 10.4. The molecular weight excluding hydrogens is 481 g/mol. The van der Waals surface area contributed by atoms with E-state index in [1.807, 2.05) is 11.8 Å². The second-order valence-electron chi connectivity index (χ2n) is 7.91. The highest BCUT2D eigenvalue weighted by Gasteiger charge is 2.35. The largest absolute Gasteiger partial charge is 0.381 e. The molecular formula is C22H36IN3OS. The van der Waals surface area contributed by atoms with Gasteiger partial charge in [0.1, 0.15) is 0 Å². The molecule has 2 unspecified atom stereocenters. The molecule has 1 saturated heterocycles. The number of thioether (sulfide) groups is 1. The van der Waals surface area contributed by atoms with Gasteiger partial charge in [0.05, 0.1) is 6.54 Å². The van der Waals surface area contributed by atoms with Crippen molar-refractivity contribution in [2.24, 2.45) is 4.99 Å². The number of ether oxygens (including phenoxy) is 1. The molecule has 3 rings (SSSR count). The van der Waals surface area contributed by atoms with Gasteiger partial charge in [0, 0.05) is 36.5 Å². The van der Waals surface area contributed by atoms with E-state index in [1.165, 1.54) is 30.4 Å². The maximum atomic E-state index is 5.69. The Bertz CT molecular complexity index is 634. The lowest BCUT2D eigenvalue weighted by Crippen LogP contribution is -2.44. The van der Waals surface area contributed by atoms with Crippen molar-refractivity contribution in [2.75, 3.05) is 32.6 Å². The summed E-state index contributed by atoms with van der Waals surface area (Å²) in [5, 5.41) is 7.96. The summed E-state index contributed by atoms with van der Waals surface area (Å²) in [7, 11) is 0. The summed E-state index contributed by atoms with van der Waals surface area (Å²) in [6.07, 6.45) is 8.10. The number of benzene rings is 1. The molecule has 2 fully saturated rings. The van der Waals surface area contributed by atoms with E-state index in [-0.39, 0.29) is 29.4 Å². The van der Waals surface area contributed by atoms with Crippen molar-refractivity contribution < 1.29 is 4.74 Å². The second-order valence-corrected chi connectivity index (χ2v) is 9.05. The minimum Gasteiger partial charge on any atom is -0.381 e. The quantitative estimate of drug-likeness (QED) is 0.332. The zero-order valence-corrected chi connectivity index (χ0v) is 20.6. The number of guanidine groups is 1. The van der Waals surface area contributed by atoms with Gasteiger partial charge in [-0.2, -0.15) is 11.8 Å². The molecule has 1 saturated carbocycles. The zero-order valence-electron chi connectivity index (χ0n) is 17.5. The average Bonchev–Trinajstić information content (AvgIpc) is 3.15. The van der Waals surface area contributed by atoms with Gasteiger partial charge >= 0.3 is 0 Å². The van der Waals surface area contributed by atoms with Crippen LogP contribution in [0.3, 0.4) is 0 Å². The number of halogens is 1. The zero-order chi connectivity index (χ0) is 19.1. The third-order valence-electron chi connectivity index (χ3n) is 6.11. The highest BCUT2D eigenvalue weighted by Crippen LogP contribution is 2.37. The molecule has 0 aromatic heterocycles. The predicted molar refractivity (Wildman–Crippen MR) is 132 cm³/mol. The molecule has 1 aliphatic heterocycles. The summed E-state index contributed by atoms with van der Waals surface area (Å²) in [6, 6.07) is 9.35. The van der Waals surface area contributed by atoms with Crippen LogP contribution in [0.5, 0.6) is 0 Å². The van der Waals surface area contributed by atoms with Crippen LogP contribution < -0.4 is 10.6 Å². The molecule has 4 nitrogen and oxygen atoms in total. The number of rotatable bonds is 6. The van der Waals surface area contributed by atoms with E-state index in [0.717, 1.165) is 50.4 Å². The molecule has 0 bridgehead atoms. The van der Waals surface area contributed by atoms with Gasteiger partial charge in [0.15, 0.2) is 5.96 Å². The lowest BCUT2D eigenvalue weighted by atomic mass is 9.72. The Kier molecular flexibility index (Phi) is 9.90. The number of hydrogen-bond acceptors (Lipinski definition) is 3. The van der Waals surface area contributed by atoms with Gasteiger partial charge in [0.25, 0.3) is 0 Å². The maximum Gasteiger partial charge on any atom is 0.191 e. The van der Waals surface area contributed by atoms with Crippen LogP contribution in [0.2, 0.25) is 0 Å². The normalized spacial score (nSPS) is 24.5. The summed E-state index contributed by atoms with van der Waals surface area (Å²) in [6.45, 7) is 7.72. The van der Waals surface area contributed by atoms with Gasteiger partial charge < -0.3 is 15.4 Å². The number of nitrogens with one attached hydrogen (secondary N) is 2. The molecule has 1 aromatic rings. The van der Waals surface area contributed by atoms with Crippen LogP contribution in [-0.4, -0.2) is 49.8 Å². The predicted octanol–water partition coefficient (Wildman–Crippen LogP) is 4.50. The minimum atomic E-state index is 0. The third kappa shape index (κ3) is 6.02. The van der Waals surface area contributed by atoms with Crippen LogP contribution in [0.1, 0.15) is 50.2 Å². The van der Waals surface area contributed by atoms with Crippen LogP contribution in [0.15, 0.2) is 29.3 Å². The molecule has 1 aliphatic carbocycles. The van der Waals surface area contributed by atoms with Crippen LogP contribution in [-0.2, 0) is 10.2 Å². The van der Waals surface area contributed by atoms with E-state index < -0.39 is 0 Å². The molecule has 158 valence electrons. The Morgan fingerprint density at radius 3 is 2.64 bits per heavy atom. The van der Waals surface area contributed by atoms with E-state index in [4.69, 9.17) is 9.73 Å².